The van der Waals surface area contributed by atoms with Crippen LogP contribution in [-0.4, -0.2) is 46.4 Å². The minimum Gasteiger partial charge on any atom is -0.478 e. The van der Waals surface area contributed by atoms with Crippen LogP contribution in [-0.2, 0) is 35.7 Å². The van der Waals surface area contributed by atoms with Crippen LogP contribution >= 0.6 is 0 Å². The Morgan fingerprint density at radius 2 is 1.77 bits per heavy atom. The summed E-state index contributed by atoms with van der Waals surface area (Å²) < 4.78 is 49.0. The van der Waals surface area contributed by atoms with Gasteiger partial charge >= 0.3 is 5.97 Å². The van der Waals surface area contributed by atoms with Gasteiger partial charge in [0, 0.05) is 38.8 Å². The Kier molecular flexibility index (Phi) is 9.23. The highest BCUT2D eigenvalue weighted by Gasteiger charge is 2.18. The fourth-order valence-electron chi connectivity index (χ4n) is 4.89. The van der Waals surface area contributed by atoms with Crippen molar-refractivity contribution >= 4 is 17.0 Å². The second kappa shape index (κ2) is 13.4. The van der Waals surface area contributed by atoms with Crippen LogP contribution in [0.1, 0.15) is 38.4 Å². The third-order valence-electron chi connectivity index (χ3n) is 7.09. The van der Waals surface area contributed by atoms with Crippen LogP contribution in [0.4, 0.5) is 8.78 Å². The van der Waals surface area contributed by atoms with Gasteiger partial charge in [-0.3, -0.25) is 0 Å². The van der Waals surface area contributed by atoms with Crippen molar-refractivity contribution in [3.63, 3.8) is 0 Å². The summed E-state index contributed by atoms with van der Waals surface area (Å²) in [5, 5.41) is 18.6. The second-order valence-electron chi connectivity index (χ2n) is 9.96. The lowest BCUT2D eigenvalue weighted by Gasteiger charge is -2.13. The number of nitrogens with zero attached hydrogens (tertiary/aromatic N) is 4. The highest BCUT2D eigenvalue weighted by atomic mass is 19.1. The molecule has 2 aromatic heterocycles. The van der Waals surface area contributed by atoms with E-state index in [9.17, 15) is 15.2 Å². The lowest BCUT2D eigenvalue weighted by atomic mass is 10.0. The van der Waals surface area contributed by atoms with Crippen LogP contribution in [0.5, 0.6) is 5.88 Å². The average molecular weight is 599 g/mol. The number of hydrogen-bond acceptors (Lipinski definition) is 7. The number of benzene rings is 3. The van der Waals surface area contributed by atoms with Crippen LogP contribution in [0.15, 0.2) is 66.7 Å². The number of methoxy groups -OCH3 is 2. The molecule has 9 nitrogen and oxygen atoms in total. The molecule has 0 saturated heterocycles. The molecular weight excluding hydrogens is 570 g/mol. The summed E-state index contributed by atoms with van der Waals surface area (Å²) in [6.45, 7) is 1.09. The number of pyridine rings is 1. The number of carboxylic acids is 1. The Hall–Kier alpha value is -5.18. The average Bonchev–Trinajstić information content (AvgIpc) is 3.37. The van der Waals surface area contributed by atoms with Crippen LogP contribution in [0, 0.1) is 23.0 Å². The first kappa shape index (κ1) is 30.3. The largest absolute Gasteiger partial charge is 0.478 e. The number of aromatic carboxylic acids is 1. The summed E-state index contributed by atoms with van der Waals surface area (Å²) in [7, 11) is 3.09. The molecular formula is C33H28F2N4O5. The minimum atomic E-state index is -1.08. The van der Waals surface area contributed by atoms with Gasteiger partial charge in [0.2, 0.25) is 5.88 Å². The second-order valence-corrected chi connectivity index (χ2v) is 9.96. The number of hydrogen-bond donors (Lipinski definition) is 1. The number of rotatable bonds is 12. The molecule has 3 aromatic carbocycles. The summed E-state index contributed by atoms with van der Waals surface area (Å²) in [5.74, 6) is -1.74. The van der Waals surface area contributed by atoms with Gasteiger partial charge in [0.25, 0.3) is 0 Å². The van der Waals surface area contributed by atoms with Crippen molar-refractivity contribution in [3.8, 4) is 23.2 Å². The Morgan fingerprint density at radius 3 is 2.52 bits per heavy atom. The van der Waals surface area contributed by atoms with Gasteiger partial charge in [-0.1, -0.05) is 12.1 Å². The van der Waals surface area contributed by atoms with E-state index in [-0.39, 0.29) is 41.3 Å². The van der Waals surface area contributed by atoms with E-state index in [0.29, 0.717) is 42.2 Å². The number of halogens is 2. The van der Waals surface area contributed by atoms with Crippen molar-refractivity contribution in [1.29, 1.82) is 5.26 Å². The van der Waals surface area contributed by atoms with E-state index in [1.165, 1.54) is 19.2 Å². The third kappa shape index (κ3) is 6.57. The molecule has 0 radical (unpaired) electrons. The van der Waals surface area contributed by atoms with Crippen molar-refractivity contribution in [3.05, 3.63) is 112 Å². The van der Waals surface area contributed by atoms with Crippen molar-refractivity contribution in [2.75, 3.05) is 20.8 Å². The summed E-state index contributed by atoms with van der Waals surface area (Å²) in [5.41, 5.74) is 3.53. The minimum absolute atomic E-state index is 0.0329. The number of imidazole rings is 1. The normalized spacial score (nSPS) is 11.1. The molecule has 0 amide bonds. The number of ether oxygens (including phenoxy) is 3. The standard InChI is InChI=1S/C33H28F2N4O5/c1-42-11-10-39-30-14-21(33(40)41)8-9-29(30)37-31(39)15-23-13-27(35)25(16-26(23)34)28-4-3-5-32(38-28)44-19-22-7-6-20(17-36)12-24(22)18-43-2/h3-9,12-14,16H,10-11,15,18-19H2,1-2H3,(H,40,41). The predicted octanol–water partition coefficient (Wildman–Crippen LogP) is 5.91. The van der Waals surface area contributed by atoms with Gasteiger partial charge in [-0.05, 0) is 65.2 Å². The fourth-order valence-corrected chi connectivity index (χ4v) is 4.89. The molecule has 0 atom stereocenters. The molecule has 0 unspecified atom stereocenters. The van der Waals surface area contributed by atoms with Crippen molar-refractivity contribution < 1.29 is 32.9 Å². The van der Waals surface area contributed by atoms with E-state index in [1.54, 1.807) is 54.1 Å². The van der Waals surface area contributed by atoms with E-state index in [0.717, 1.165) is 23.3 Å². The molecule has 0 aliphatic carbocycles. The van der Waals surface area contributed by atoms with E-state index in [4.69, 9.17) is 14.2 Å². The van der Waals surface area contributed by atoms with E-state index in [1.807, 2.05) is 0 Å². The molecule has 0 saturated carbocycles. The Bertz CT molecular complexity index is 1880. The number of aromatic nitrogens is 3. The highest BCUT2D eigenvalue weighted by molar-refractivity contribution is 5.92. The lowest BCUT2D eigenvalue weighted by Crippen LogP contribution is -2.10. The van der Waals surface area contributed by atoms with Gasteiger partial charge < -0.3 is 23.9 Å². The zero-order valence-electron chi connectivity index (χ0n) is 24.0. The van der Waals surface area contributed by atoms with Crippen molar-refractivity contribution in [2.24, 2.45) is 0 Å². The molecule has 5 aromatic rings. The number of fused-ring (bicyclic) bond motifs is 1. The molecule has 224 valence electrons. The molecule has 11 heteroatoms. The zero-order chi connectivity index (χ0) is 31.2. The van der Waals surface area contributed by atoms with E-state index < -0.39 is 17.6 Å². The molecule has 0 fully saturated rings. The Balaban J connectivity index is 1.40. The summed E-state index contributed by atoms with van der Waals surface area (Å²) in [6.07, 6.45) is -0.0329. The SMILES string of the molecule is COCCn1c(Cc2cc(F)c(-c3cccc(OCc4ccc(C#N)cc4COC)n3)cc2F)nc2ccc(C(=O)O)cc21. The molecule has 2 heterocycles. The van der Waals surface area contributed by atoms with Gasteiger partial charge in [0.05, 0.1) is 47.1 Å². The maximum atomic E-state index is 15.5. The molecule has 44 heavy (non-hydrogen) atoms. The quantitative estimate of drug-likeness (QED) is 0.188. The first-order valence-corrected chi connectivity index (χ1v) is 13.6. The van der Waals surface area contributed by atoms with Gasteiger partial charge in [-0.25, -0.2) is 23.5 Å². The number of nitriles is 1. The molecule has 0 aliphatic heterocycles. The zero-order valence-corrected chi connectivity index (χ0v) is 24.0. The maximum absolute atomic E-state index is 15.5. The van der Waals surface area contributed by atoms with Gasteiger partial charge in [0.15, 0.2) is 0 Å². The predicted molar refractivity (Wildman–Crippen MR) is 157 cm³/mol. The highest BCUT2D eigenvalue weighted by Crippen LogP contribution is 2.28. The van der Waals surface area contributed by atoms with Crippen molar-refractivity contribution in [1.82, 2.24) is 14.5 Å². The first-order chi connectivity index (χ1) is 21.3. The smallest absolute Gasteiger partial charge is 0.335 e. The van der Waals surface area contributed by atoms with Gasteiger partial charge in [-0.2, -0.15) is 5.26 Å². The molecule has 0 bridgehead atoms. The van der Waals surface area contributed by atoms with E-state index >= 15 is 8.78 Å². The van der Waals surface area contributed by atoms with Crippen molar-refractivity contribution in [2.45, 2.75) is 26.2 Å². The van der Waals surface area contributed by atoms with Crippen LogP contribution < -0.4 is 4.74 Å². The lowest BCUT2D eigenvalue weighted by molar-refractivity contribution is 0.0697. The van der Waals surface area contributed by atoms with Crippen LogP contribution in [0.3, 0.4) is 0 Å². The molecule has 0 spiro atoms. The summed E-state index contributed by atoms with van der Waals surface area (Å²) in [4.78, 5) is 20.5. The molecule has 0 aliphatic rings. The molecule has 5 rings (SSSR count). The number of carbonyl (C=O) groups is 1. The van der Waals surface area contributed by atoms with Crippen LogP contribution in [0.2, 0.25) is 0 Å². The van der Waals surface area contributed by atoms with Gasteiger partial charge in [0.1, 0.15) is 24.1 Å². The summed E-state index contributed by atoms with van der Waals surface area (Å²) in [6, 6.07) is 18.9. The first-order valence-electron chi connectivity index (χ1n) is 13.6. The van der Waals surface area contributed by atoms with E-state index in [2.05, 4.69) is 16.0 Å². The number of carboxylic acid groups (broad SMARTS) is 1. The fraction of sp³-hybridized carbons (Fsp3) is 0.212. The van der Waals surface area contributed by atoms with Crippen LogP contribution in [0.25, 0.3) is 22.3 Å². The Labute approximate surface area is 251 Å². The molecule has 1 N–H and O–H groups in total. The monoisotopic (exact) mass is 598 g/mol. The van der Waals surface area contributed by atoms with Gasteiger partial charge in [-0.15, -0.1) is 0 Å². The Morgan fingerprint density at radius 1 is 0.932 bits per heavy atom. The topological polar surface area (TPSA) is 119 Å². The third-order valence-corrected chi connectivity index (χ3v) is 7.09. The maximum Gasteiger partial charge on any atom is 0.335 e. The summed E-state index contributed by atoms with van der Waals surface area (Å²) >= 11 is 0.